The number of halogens is 3. The number of amides is 1. The quantitative estimate of drug-likeness (QED) is 0.828. The monoisotopic (exact) mass is 392 g/mol. The highest BCUT2D eigenvalue weighted by Crippen LogP contribution is 2.50. The number of nitrogens with zero attached hydrogens (tertiary/aromatic N) is 4. The van der Waals surface area contributed by atoms with E-state index >= 15 is 0 Å². The van der Waals surface area contributed by atoms with Crippen LogP contribution in [0.4, 0.5) is 13.2 Å². The molecule has 1 aliphatic heterocycles. The van der Waals surface area contributed by atoms with E-state index in [1.165, 1.54) is 6.33 Å². The average Bonchev–Trinajstić information content (AvgIpc) is 3.10. The molecule has 0 aromatic carbocycles. The maximum absolute atomic E-state index is 12.6. The molecule has 28 heavy (non-hydrogen) atoms. The summed E-state index contributed by atoms with van der Waals surface area (Å²) in [7, 11) is 0. The van der Waals surface area contributed by atoms with E-state index in [4.69, 9.17) is 0 Å². The molecule has 4 rings (SSSR count). The maximum atomic E-state index is 12.6. The van der Waals surface area contributed by atoms with Crippen LogP contribution >= 0.6 is 0 Å². The van der Waals surface area contributed by atoms with Crippen molar-refractivity contribution < 1.29 is 18.0 Å². The summed E-state index contributed by atoms with van der Waals surface area (Å²) in [4.78, 5) is 27.2. The Labute approximate surface area is 159 Å². The normalized spacial score (nSPS) is 26.4. The van der Waals surface area contributed by atoms with E-state index in [9.17, 15) is 18.0 Å². The number of rotatable bonds is 4. The van der Waals surface area contributed by atoms with Crippen LogP contribution in [0.3, 0.4) is 0 Å². The van der Waals surface area contributed by atoms with Crippen molar-refractivity contribution in [3.63, 3.8) is 0 Å². The van der Waals surface area contributed by atoms with E-state index in [1.807, 2.05) is 0 Å². The lowest BCUT2D eigenvalue weighted by Crippen LogP contribution is -2.43. The molecule has 1 saturated carbocycles. The second kappa shape index (κ2) is 6.77. The van der Waals surface area contributed by atoms with Gasteiger partial charge in [0.15, 0.2) is 0 Å². The molecular formula is C18H19F3N6O. The van der Waals surface area contributed by atoms with Gasteiger partial charge in [0, 0.05) is 23.5 Å². The molecular weight excluding hydrogens is 373 g/mol. The SMILES string of the molecule is C[C@H]1CC12CC[C@@H](C(=O)NCc1cc(-c3cnc(C(F)(F)F)nc3)ncn1)N2. The predicted molar refractivity (Wildman–Crippen MR) is 92.6 cm³/mol. The second-order valence-corrected chi connectivity index (χ2v) is 7.40. The van der Waals surface area contributed by atoms with Crippen molar-refractivity contribution in [1.82, 2.24) is 30.6 Å². The van der Waals surface area contributed by atoms with Crippen molar-refractivity contribution in [2.24, 2.45) is 5.92 Å². The third kappa shape index (κ3) is 3.68. The van der Waals surface area contributed by atoms with Crippen LogP contribution < -0.4 is 10.6 Å². The first-order valence-electron chi connectivity index (χ1n) is 9.03. The third-order valence-corrected chi connectivity index (χ3v) is 5.48. The fraction of sp³-hybridized carbons (Fsp3) is 0.500. The van der Waals surface area contributed by atoms with Crippen LogP contribution in [0.5, 0.6) is 0 Å². The van der Waals surface area contributed by atoms with Crippen LogP contribution in [0.25, 0.3) is 11.3 Å². The number of carbonyl (C=O) groups is 1. The lowest BCUT2D eigenvalue weighted by atomic mass is 10.1. The van der Waals surface area contributed by atoms with Gasteiger partial charge >= 0.3 is 6.18 Å². The molecule has 2 aromatic rings. The van der Waals surface area contributed by atoms with E-state index in [0.717, 1.165) is 31.7 Å². The van der Waals surface area contributed by atoms with Crippen LogP contribution in [-0.2, 0) is 17.5 Å². The number of hydrogen-bond donors (Lipinski definition) is 2. The highest BCUT2D eigenvalue weighted by Gasteiger charge is 2.55. The minimum absolute atomic E-state index is 0.0750. The molecule has 0 bridgehead atoms. The van der Waals surface area contributed by atoms with Gasteiger partial charge in [0.1, 0.15) is 6.33 Å². The standard InChI is InChI=1S/C18H19F3N6O/c1-10-5-17(10)3-2-13(27-17)15(28)22-8-12-4-14(26-9-25-12)11-6-23-16(24-7-11)18(19,20)21/h4,6-7,9-10,13,27H,2-3,5,8H2,1H3,(H,22,28)/t10-,13-,17?/m0/s1. The summed E-state index contributed by atoms with van der Waals surface area (Å²) in [5.74, 6) is -0.667. The molecule has 148 valence electrons. The van der Waals surface area contributed by atoms with Gasteiger partial charge in [-0.3, -0.25) is 4.79 Å². The molecule has 2 N–H and O–H groups in total. The molecule has 1 spiro atoms. The van der Waals surface area contributed by atoms with E-state index in [-0.39, 0.29) is 24.0 Å². The Kier molecular flexibility index (Phi) is 4.53. The minimum atomic E-state index is -4.59. The van der Waals surface area contributed by atoms with Gasteiger partial charge in [-0.1, -0.05) is 6.92 Å². The van der Waals surface area contributed by atoms with Crippen molar-refractivity contribution in [2.45, 2.75) is 50.5 Å². The second-order valence-electron chi connectivity index (χ2n) is 7.40. The summed E-state index contributed by atoms with van der Waals surface area (Å²) in [6.07, 6.45) is 1.78. The van der Waals surface area contributed by atoms with Crippen molar-refractivity contribution in [3.05, 3.63) is 36.3 Å². The van der Waals surface area contributed by atoms with Gasteiger partial charge in [0.2, 0.25) is 11.7 Å². The molecule has 1 aliphatic carbocycles. The lowest BCUT2D eigenvalue weighted by Gasteiger charge is -2.14. The van der Waals surface area contributed by atoms with Gasteiger partial charge in [-0.25, -0.2) is 19.9 Å². The summed E-state index contributed by atoms with van der Waals surface area (Å²) in [5, 5.41) is 6.29. The Morgan fingerprint density at radius 3 is 2.61 bits per heavy atom. The summed E-state index contributed by atoms with van der Waals surface area (Å²) in [6.45, 7) is 2.39. The molecule has 2 aromatic heterocycles. The van der Waals surface area contributed by atoms with E-state index in [2.05, 4.69) is 37.5 Å². The Hall–Kier alpha value is -2.62. The zero-order valence-electron chi connectivity index (χ0n) is 15.1. The largest absolute Gasteiger partial charge is 0.451 e. The average molecular weight is 392 g/mol. The first kappa shape index (κ1) is 18.7. The Morgan fingerprint density at radius 1 is 1.29 bits per heavy atom. The number of alkyl halides is 3. The van der Waals surface area contributed by atoms with Crippen molar-refractivity contribution in [2.75, 3.05) is 0 Å². The smallest absolute Gasteiger partial charge is 0.349 e. The van der Waals surface area contributed by atoms with Crippen LogP contribution in [0.2, 0.25) is 0 Å². The van der Waals surface area contributed by atoms with E-state index < -0.39 is 12.0 Å². The molecule has 10 heteroatoms. The number of carbonyl (C=O) groups excluding carboxylic acids is 1. The highest BCUT2D eigenvalue weighted by atomic mass is 19.4. The molecule has 1 unspecified atom stereocenters. The van der Waals surface area contributed by atoms with Crippen LogP contribution in [-0.4, -0.2) is 37.4 Å². The Morgan fingerprint density at radius 2 is 2.00 bits per heavy atom. The zero-order chi connectivity index (χ0) is 19.9. The molecule has 2 aliphatic rings. The Balaban J connectivity index is 1.38. The van der Waals surface area contributed by atoms with Crippen molar-refractivity contribution in [1.29, 1.82) is 0 Å². The summed E-state index contributed by atoms with van der Waals surface area (Å²) >= 11 is 0. The van der Waals surface area contributed by atoms with Gasteiger partial charge in [0.05, 0.1) is 24.0 Å². The van der Waals surface area contributed by atoms with Crippen LogP contribution in [0, 0.1) is 5.92 Å². The number of aromatic nitrogens is 4. The molecule has 3 atom stereocenters. The highest BCUT2D eigenvalue weighted by molar-refractivity contribution is 5.82. The van der Waals surface area contributed by atoms with Gasteiger partial charge in [0.25, 0.3) is 0 Å². The van der Waals surface area contributed by atoms with Crippen LogP contribution in [0.1, 0.15) is 37.7 Å². The fourth-order valence-electron chi connectivity index (χ4n) is 3.69. The van der Waals surface area contributed by atoms with Gasteiger partial charge < -0.3 is 10.6 Å². The van der Waals surface area contributed by atoms with Gasteiger partial charge in [-0.2, -0.15) is 13.2 Å². The van der Waals surface area contributed by atoms with Crippen LogP contribution in [0.15, 0.2) is 24.8 Å². The van der Waals surface area contributed by atoms with Crippen molar-refractivity contribution in [3.8, 4) is 11.3 Å². The fourth-order valence-corrected chi connectivity index (χ4v) is 3.69. The van der Waals surface area contributed by atoms with E-state index in [0.29, 0.717) is 22.9 Å². The molecule has 0 radical (unpaired) electrons. The summed E-state index contributed by atoms with van der Waals surface area (Å²) < 4.78 is 37.7. The lowest BCUT2D eigenvalue weighted by molar-refractivity contribution is -0.145. The minimum Gasteiger partial charge on any atom is -0.349 e. The summed E-state index contributed by atoms with van der Waals surface area (Å²) in [6, 6.07) is 1.40. The van der Waals surface area contributed by atoms with Gasteiger partial charge in [-0.05, 0) is 31.2 Å². The van der Waals surface area contributed by atoms with E-state index in [1.54, 1.807) is 6.07 Å². The molecule has 3 heterocycles. The predicted octanol–water partition coefficient (Wildman–Crippen LogP) is 2.10. The van der Waals surface area contributed by atoms with Crippen molar-refractivity contribution >= 4 is 5.91 Å². The summed E-state index contributed by atoms with van der Waals surface area (Å²) in [5.41, 5.74) is 1.42. The molecule has 1 saturated heterocycles. The number of hydrogen-bond acceptors (Lipinski definition) is 6. The molecule has 2 fully saturated rings. The van der Waals surface area contributed by atoms with Gasteiger partial charge in [-0.15, -0.1) is 0 Å². The third-order valence-electron chi connectivity index (χ3n) is 5.48. The molecule has 1 amide bonds. The zero-order valence-corrected chi connectivity index (χ0v) is 15.1. The molecule has 7 nitrogen and oxygen atoms in total. The topological polar surface area (TPSA) is 92.7 Å². The first-order valence-corrected chi connectivity index (χ1v) is 9.03. The number of nitrogens with one attached hydrogen (secondary N) is 2. The maximum Gasteiger partial charge on any atom is 0.451 e. The first-order chi connectivity index (χ1) is 13.3. The Bertz CT molecular complexity index is 888.